The first-order valence-electron chi connectivity index (χ1n) is 7.84. The van der Waals surface area contributed by atoms with Crippen molar-refractivity contribution < 1.29 is 4.58 Å². The monoisotopic (exact) mass is 286 g/mol. The molecule has 5 heteroatoms. The number of hydrazine groups is 1. The number of rotatable bonds is 3. The lowest BCUT2D eigenvalue weighted by atomic mass is 10.0. The smallest absolute Gasteiger partial charge is 0.242 e. The van der Waals surface area contributed by atoms with Gasteiger partial charge in [-0.3, -0.25) is 5.43 Å². The Hall–Kier alpha value is -1.91. The molecule has 2 heterocycles. The van der Waals surface area contributed by atoms with Crippen molar-refractivity contribution >= 4 is 11.7 Å². The normalized spacial score (nSPS) is 18.7. The van der Waals surface area contributed by atoms with Gasteiger partial charge in [-0.1, -0.05) is 6.08 Å². The SMILES string of the molecule is Cc1cc(C)nc(NNC2=CCCC(=[N+]3CCCC3)C2)n1. The molecule has 1 aromatic heterocycles. The van der Waals surface area contributed by atoms with Gasteiger partial charge in [0.05, 0.1) is 6.42 Å². The highest BCUT2D eigenvalue weighted by Crippen LogP contribution is 2.16. The van der Waals surface area contributed by atoms with E-state index in [2.05, 4.69) is 31.5 Å². The van der Waals surface area contributed by atoms with Gasteiger partial charge < -0.3 is 5.43 Å². The van der Waals surface area contributed by atoms with Gasteiger partial charge in [0.1, 0.15) is 13.1 Å². The molecule has 112 valence electrons. The summed E-state index contributed by atoms with van der Waals surface area (Å²) in [6.07, 6.45) is 8.27. The Balaban J connectivity index is 1.62. The van der Waals surface area contributed by atoms with Crippen LogP contribution in [0, 0.1) is 13.8 Å². The molecule has 0 amide bonds. The van der Waals surface area contributed by atoms with E-state index in [9.17, 15) is 0 Å². The highest BCUT2D eigenvalue weighted by Gasteiger charge is 2.22. The maximum Gasteiger partial charge on any atom is 0.242 e. The molecular formula is C16H24N5+. The highest BCUT2D eigenvalue weighted by atomic mass is 15.4. The summed E-state index contributed by atoms with van der Waals surface area (Å²) in [4.78, 5) is 8.77. The molecule has 1 aliphatic carbocycles. The van der Waals surface area contributed by atoms with E-state index in [1.807, 2.05) is 19.9 Å². The molecule has 1 aromatic rings. The summed E-state index contributed by atoms with van der Waals surface area (Å²) in [5, 5.41) is 0. The van der Waals surface area contributed by atoms with Crippen LogP contribution in [0.3, 0.4) is 0 Å². The number of aromatic nitrogens is 2. The van der Waals surface area contributed by atoms with Crippen molar-refractivity contribution in [1.29, 1.82) is 0 Å². The number of hydrogen-bond acceptors (Lipinski definition) is 4. The molecule has 3 rings (SSSR count). The van der Waals surface area contributed by atoms with Crippen molar-refractivity contribution in [3.63, 3.8) is 0 Å². The zero-order valence-corrected chi connectivity index (χ0v) is 12.9. The number of nitrogens with one attached hydrogen (secondary N) is 2. The number of anilines is 1. The fourth-order valence-electron chi connectivity index (χ4n) is 3.11. The molecule has 0 bridgehead atoms. The second kappa shape index (κ2) is 6.24. The van der Waals surface area contributed by atoms with Crippen LogP contribution in [0.15, 0.2) is 17.8 Å². The number of hydrogen-bond donors (Lipinski definition) is 2. The molecule has 21 heavy (non-hydrogen) atoms. The van der Waals surface area contributed by atoms with E-state index in [0.29, 0.717) is 5.95 Å². The number of allylic oxidation sites excluding steroid dienone is 2. The van der Waals surface area contributed by atoms with E-state index in [1.165, 1.54) is 38.0 Å². The molecule has 1 fully saturated rings. The van der Waals surface area contributed by atoms with Gasteiger partial charge >= 0.3 is 0 Å². The van der Waals surface area contributed by atoms with Crippen LogP contribution in [0.4, 0.5) is 5.95 Å². The molecule has 0 radical (unpaired) electrons. The molecule has 0 saturated carbocycles. The van der Waals surface area contributed by atoms with Crippen LogP contribution in [0.1, 0.15) is 43.5 Å². The minimum absolute atomic E-state index is 0.640. The third-order valence-electron chi connectivity index (χ3n) is 4.09. The Morgan fingerprint density at radius 2 is 1.76 bits per heavy atom. The maximum absolute atomic E-state index is 4.39. The zero-order valence-electron chi connectivity index (χ0n) is 12.9. The molecule has 2 N–H and O–H groups in total. The van der Waals surface area contributed by atoms with Gasteiger partial charge in [0.2, 0.25) is 5.95 Å². The summed E-state index contributed by atoms with van der Waals surface area (Å²) in [7, 11) is 0. The molecule has 0 atom stereocenters. The second-order valence-corrected chi connectivity index (χ2v) is 5.93. The van der Waals surface area contributed by atoms with Crippen molar-refractivity contribution in [1.82, 2.24) is 15.4 Å². The molecule has 2 aliphatic rings. The molecule has 1 aliphatic heterocycles. The second-order valence-electron chi connectivity index (χ2n) is 5.93. The van der Waals surface area contributed by atoms with Crippen LogP contribution >= 0.6 is 0 Å². The lowest BCUT2D eigenvalue weighted by molar-refractivity contribution is -0.508. The topological polar surface area (TPSA) is 52.9 Å². The van der Waals surface area contributed by atoms with Crippen LogP contribution in [0.5, 0.6) is 0 Å². The van der Waals surface area contributed by atoms with Crippen molar-refractivity contribution in [2.75, 3.05) is 18.5 Å². The third-order valence-corrected chi connectivity index (χ3v) is 4.09. The van der Waals surface area contributed by atoms with Crippen molar-refractivity contribution in [3.8, 4) is 0 Å². The number of aryl methyl sites for hydroxylation is 2. The summed E-state index contributed by atoms with van der Waals surface area (Å²) >= 11 is 0. The van der Waals surface area contributed by atoms with Gasteiger partial charge in [-0.15, -0.1) is 0 Å². The third kappa shape index (κ3) is 3.60. The minimum Gasteiger partial charge on any atom is -0.302 e. The summed E-state index contributed by atoms with van der Waals surface area (Å²) in [6, 6.07) is 1.98. The van der Waals surface area contributed by atoms with E-state index >= 15 is 0 Å². The van der Waals surface area contributed by atoms with E-state index in [1.54, 1.807) is 5.71 Å². The van der Waals surface area contributed by atoms with E-state index in [4.69, 9.17) is 0 Å². The quantitative estimate of drug-likeness (QED) is 0.661. The lowest BCUT2D eigenvalue weighted by Gasteiger charge is -2.17. The van der Waals surface area contributed by atoms with Crippen molar-refractivity contribution in [3.05, 3.63) is 29.2 Å². The Labute approximate surface area is 126 Å². The predicted molar refractivity (Wildman–Crippen MR) is 84.4 cm³/mol. The standard InChI is InChI=1S/C16H24N5/c1-12-10-13(2)18-16(17-12)20-19-14-6-5-7-15(11-14)21-8-3-4-9-21/h6,10,19H,3-5,7-9,11H2,1-2H3,(H,17,18,20)/q+1. The molecule has 1 saturated heterocycles. The molecule has 0 spiro atoms. The molecule has 5 nitrogen and oxygen atoms in total. The van der Waals surface area contributed by atoms with Gasteiger partial charge in [0, 0.05) is 36.3 Å². The molecule has 0 aromatic carbocycles. The average molecular weight is 286 g/mol. The molecular weight excluding hydrogens is 262 g/mol. The summed E-state index contributed by atoms with van der Waals surface area (Å²) in [6.45, 7) is 6.43. The first-order chi connectivity index (χ1) is 10.2. The van der Waals surface area contributed by atoms with Crippen LogP contribution in [0.2, 0.25) is 0 Å². The molecule has 0 unspecified atom stereocenters. The first kappa shape index (κ1) is 14.0. The number of nitrogens with zero attached hydrogens (tertiary/aromatic N) is 3. The Kier molecular flexibility index (Phi) is 4.18. The van der Waals surface area contributed by atoms with Gasteiger partial charge in [-0.25, -0.2) is 14.5 Å². The minimum atomic E-state index is 0.640. The predicted octanol–water partition coefficient (Wildman–Crippen LogP) is 2.33. The average Bonchev–Trinajstić information content (AvgIpc) is 2.99. The van der Waals surface area contributed by atoms with Crippen LogP contribution in [-0.2, 0) is 0 Å². The Morgan fingerprint density at radius 1 is 1.05 bits per heavy atom. The van der Waals surface area contributed by atoms with Crippen LogP contribution in [-0.4, -0.2) is 33.3 Å². The summed E-state index contributed by atoms with van der Waals surface area (Å²) in [5.41, 5.74) is 11.2. The Bertz CT molecular complexity index is 560. The Morgan fingerprint density at radius 3 is 2.48 bits per heavy atom. The first-order valence-corrected chi connectivity index (χ1v) is 7.84. The van der Waals surface area contributed by atoms with E-state index in [0.717, 1.165) is 24.2 Å². The van der Waals surface area contributed by atoms with E-state index < -0.39 is 0 Å². The summed E-state index contributed by atoms with van der Waals surface area (Å²) < 4.78 is 2.56. The van der Waals surface area contributed by atoms with Crippen molar-refractivity contribution in [2.45, 2.75) is 46.0 Å². The zero-order chi connectivity index (χ0) is 14.7. The fourth-order valence-corrected chi connectivity index (χ4v) is 3.11. The van der Waals surface area contributed by atoms with Crippen LogP contribution in [0.25, 0.3) is 0 Å². The van der Waals surface area contributed by atoms with E-state index in [-0.39, 0.29) is 0 Å². The van der Waals surface area contributed by atoms with Crippen LogP contribution < -0.4 is 10.9 Å². The summed E-state index contributed by atoms with van der Waals surface area (Å²) in [5.74, 6) is 0.640. The maximum atomic E-state index is 4.39. The van der Waals surface area contributed by atoms with Gasteiger partial charge in [-0.2, -0.15) is 0 Å². The lowest BCUT2D eigenvalue weighted by Crippen LogP contribution is -2.29. The largest absolute Gasteiger partial charge is 0.302 e. The van der Waals surface area contributed by atoms with Gasteiger partial charge in [0.25, 0.3) is 0 Å². The van der Waals surface area contributed by atoms with Gasteiger partial charge in [-0.05, 0) is 26.3 Å². The van der Waals surface area contributed by atoms with Gasteiger partial charge in [0.15, 0.2) is 5.71 Å². The van der Waals surface area contributed by atoms with Crippen molar-refractivity contribution in [2.24, 2.45) is 0 Å². The highest BCUT2D eigenvalue weighted by molar-refractivity contribution is 5.83. The fraction of sp³-hybridized carbons (Fsp3) is 0.562.